The number of hydrogen-bond donors (Lipinski definition) is 0. The van der Waals surface area contributed by atoms with Crippen LogP contribution in [0.4, 0.5) is 0 Å². The smallest absolute Gasteiger partial charge is 0.173 e. The lowest BCUT2D eigenvalue weighted by Gasteiger charge is -2.28. The van der Waals surface area contributed by atoms with Crippen LogP contribution in [0.1, 0.15) is 35.9 Å². The lowest BCUT2D eigenvalue weighted by atomic mass is 9.78. The SMILES string of the molecule is CC(=O)C1C(C)=NC(SCC(=O)c2ccccc2)=C(C#N)[C@@H]1c1ccco1. The van der Waals surface area contributed by atoms with Crippen molar-refractivity contribution in [3.05, 3.63) is 70.7 Å². The van der Waals surface area contributed by atoms with Crippen LogP contribution < -0.4 is 0 Å². The first-order chi connectivity index (χ1) is 13.0. The first kappa shape index (κ1) is 18.9. The number of nitriles is 1. The van der Waals surface area contributed by atoms with Crippen LogP contribution >= 0.6 is 11.8 Å². The summed E-state index contributed by atoms with van der Waals surface area (Å²) < 4.78 is 5.51. The Balaban J connectivity index is 1.93. The topological polar surface area (TPSA) is 83.4 Å². The second-order valence-corrected chi connectivity index (χ2v) is 7.21. The van der Waals surface area contributed by atoms with Gasteiger partial charge < -0.3 is 4.42 Å². The summed E-state index contributed by atoms with van der Waals surface area (Å²) in [6.07, 6.45) is 1.52. The van der Waals surface area contributed by atoms with Gasteiger partial charge in [0.1, 0.15) is 16.6 Å². The lowest BCUT2D eigenvalue weighted by molar-refractivity contribution is -0.119. The van der Waals surface area contributed by atoms with Crippen LogP contribution in [0.25, 0.3) is 0 Å². The predicted molar refractivity (Wildman–Crippen MR) is 105 cm³/mol. The highest BCUT2D eigenvalue weighted by molar-refractivity contribution is 8.03. The Labute approximate surface area is 161 Å². The summed E-state index contributed by atoms with van der Waals surface area (Å²) in [6.45, 7) is 3.27. The molecule has 1 aromatic heterocycles. The van der Waals surface area contributed by atoms with Crippen LogP contribution in [-0.2, 0) is 4.79 Å². The summed E-state index contributed by atoms with van der Waals surface area (Å²) in [4.78, 5) is 29.1. The Hall–Kier alpha value is -2.91. The average Bonchev–Trinajstić information content (AvgIpc) is 3.20. The van der Waals surface area contributed by atoms with E-state index in [1.807, 2.05) is 18.2 Å². The molecule has 136 valence electrons. The Morgan fingerprint density at radius 2 is 1.96 bits per heavy atom. The van der Waals surface area contributed by atoms with E-state index in [1.54, 1.807) is 31.2 Å². The molecule has 3 rings (SSSR count). The maximum atomic E-state index is 12.4. The van der Waals surface area contributed by atoms with Gasteiger partial charge in [-0.2, -0.15) is 5.26 Å². The van der Waals surface area contributed by atoms with Crippen LogP contribution in [0.3, 0.4) is 0 Å². The van der Waals surface area contributed by atoms with Crippen molar-refractivity contribution >= 4 is 29.0 Å². The molecule has 1 unspecified atom stereocenters. The molecule has 5 nitrogen and oxygen atoms in total. The van der Waals surface area contributed by atoms with E-state index in [9.17, 15) is 14.9 Å². The van der Waals surface area contributed by atoms with Crippen molar-refractivity contribution < 1.29 is 14.0 Å². The minimum atomic E-state index is -0.542. The largest absolute Gasteiger partial charge is 0.469 e. The summed E-state index contributed by atoms with van der Waals surface area (Å²) in [5.74, 6) is -0.462. The van der Waals surface area contributed by atoms with Crippen molar-refractivity contribution in [3.63, 3.8) is 0 Å². The normalized spacial score (nSPS) is 19.4. The summed E-state index contributed by atoms with van der Waals surface area (Å²) in [7, 11) is 0. The monoisotopic (exact) mass is 378 g/mol. The van der Waals surface area contributed by atoms with Gasteiger partial charge >= 0.3 is 0 Å². The maximum Gasteiger partial charge on any atom is 0.173 e. The quantitative estimate of drug-likeness (QED) is 0.696. The highest BCUT2D eigenvalue weighted by Gasteiger charge is 2.39. The molecule has 2 atom stereocenters. The molecular formula is C21H18N2O3S. The number of allylic oxidation sites excluding steroid dienone is 1. The number of Topliss-reactive ketones (excluding diaryl/α,β-unsaturated/α-hetero) is 2. The summed E-state index contributed by atoms with van der Waals surface area (Å²) in [5.41, 5.74) is 1.60. The van der Waals surface area contributed by atoms with E-state index in [-0.39, 0.29) is 17.3 Å². The number of carbonyl (C=O) groups is 2. The van der Waals surface area contributed by atoms with E-state index in [4.69, 9.17) is 4.42 Å². The molecule has 27 heavy (non-hydrogen) atoms. The molecule has 0 saturated carbocycles. The first-order valence-electron chi connectivity index (χ1n) is 8.47. The number of furan rings is 1. The minimum absolute atomic E-state index is 0.0403. The number of benzene rings is 1. The zero-order valence-electron chi connectivity index (χ0n) is 15.0. The van der Waals surface area contributed by atoms with Crippen LogP contribution in [0, 0.1) is 17.2 Å². The van der Waals surface area contributed by atoms with Gasteiger partial charge in [-0.25, -0.2) is 4.99 Å². The van der Waals surface area contributed by atoms with Crippen LogP contribution in [0.15, 0.2) is 68.7 Å². The molecule has 1 aliphatic heterocycles. The second-order valence-electron chi connectivity index (χ2n) is 6.24. The van der Waals surface area contributed by atoms with E-state index >= 15 is 0 Å². The number of rotatable bonds is 6. The molecule has 1 aliphatic rings. The minimum Gasteiger partial charge on any atom is -0.469 e. The van der Waals surface area contributed by atoms with Crippen LogP contribution in [0.5, 0.6) is 0 Å². The second kappa shape index (κ2) is 8.19. The van der Waals surface area contributed by atoms with E-state index in [0.29, 0.717) is 27.6 Å². The number of aliphatic imine (C=N–C) groups is 1. The molecule has 0 bridgehead atoms. The number of thioether (sulfide) groups is 1. The maximum absolute atomic E-state index is 12.4. The Morgan fingerprint density at radius 1 is 1.22 bits per heavy atom. The molecule has 0 aliphatic carbocycles. The third-order valence-corrected chi connectivity index (χ3v) is 5.44. The molecule has 0 spiro atoms. The van der Waals surface area contributed by atoms with Gasteiger partial charge in [0.05, 0.1) is 35.5 Å². The third kappa shape index (κ3) is 3.93. The Kier molecular flexibility index (Phi) is 5.72. The molecule has 0 amide bonds. The zero-order valence-corrected chi connectivity index (χ0v) is 15.8. The third-order valence-electron chi connectivity index (χ3n) is 4.45. The van der Waals surface area contributed by atoms with E-state index in [0.717, 1.165) is 0 Å². The fourth-order valence-corrected chi connectivity index (χ4v) is 4.17. The fourth-order valence-electron chi connectivity index (χ4n) is 3.20. The summed E-state index contributed by atoms with van der Waals surface area (Å²) in [6, 6.07) is 14.7. The van der Waals surface area contributed by atoms with E-state index in [2.05, 4.69) is 11.1 Å². The Morgan fingerprint density at radius 3 is 2.56 bits per heavy atom. The van der Waals surface area contributed by atoms with Gasteiger partial charge in [-0.1, -0.05) is 42.1 Å². The molecule has 1 aromatic carbocycles. The van der Waals surface area contributed by atoms with E-state index in [1.165, 1.54) is 24.9 Å². The van der Waals surface area contributed by atoms with Gasteiger partial charge in [-0.05, 0) is 26.0 Å². The van der Waals surface area contributed by atoms with E-state index < -0.39 is 11.8 Å². The fraction of sp³-hybridized carbons (Fsp3) is 0.238. The standard InChI is InChI=1S/C21H18N2O3S/c1-13-19(14(2)24)20(18-9-6-10-26-18)16(11-22)21(23-13)27-12-17(25)15-7-4-3-5-8-15/h3-10,19-20H,12H2,1-2H3/t19?,20-/m1/s1. The molecule has 2 heterocycles. The molecule has 0 fully saturated rings. The van der Waals surface area contributed by atoms with Gasteiger partial charge in [-0.3, -0.25) is 9.59 Å². The van der Waals surface area contributed by atoms with Gasteiger partial charge in [0.15, 0.2) is 5.78 Å². The first-order valence-corrected chi connectivity index (χ1v) is 9.45. The summed E-state index contributed by atoms with van der Waals surface area (Å²) in [5, 5.41) is 10.2. The van der Waals surface area contributed by atoms with Crippen LogP contribution in [0.2, 0.25) is 0 Å². The number of carbonyl (C=O) groups excluding carboxylic acids is 2. The average molecular weight is 378 g/mol. The van der Waals surface area contributed by atoms with Gasteiger partial charge in [0.25, 0.3) is 0 Å². The van der Waals surface area contributed by atoms with Crippen molar-refractivity contribution in [1.82, 2.24) is 0 Å². The van der Waals surface area contributed by atoms with Gasteiger partial charge in [0.2, 0.25) is 0 Å². The highest BCUT2D eigenvalue weighted by atomic mass is 32.2. The van der Waals surface area contributed by atoms with Crippen LogP contribution in [-0.4, -0.2) is 23.0 Å². The van der Waals surface area contributed by atoms with Gasteiger partial charge in [0, 0.05) is 11.3 Å². The molecule has 6 heteroatoms. The molecular weight excluding hydrogens is 360 g/mol. The lowest BCUT2D eigenvalue weighted by Crippen LogP contribution is -2.31. The highest BCUT2D eigenvalue weighted by Crippen LogP contribution is 2.42. The number of ketones is 2. The molecule has 0 radical (unpaired) electrons. The number of hydrogen-bond acceptors (Lipinski definition) is 6. The molecule has 2 aromatic rings. The van der Waals surface area contributed by atoms with Crippen molar-refractivity contribution in [2.75, 3.05) is 5.75 Å². The van der Waals surface area contributed by atoms with Crippen molar-refractivity contribution in [3.8, 4) is 6.07 Å². The molecule has 0 N–H and O–H groups in total. The van der Waals surface area contributed by atoms with Crippen molar-refractivity contribution in [1.29, 1.82) is 5.26 Å². The predicted octanol–water partition coefficient (Wildman–Crippen LogP) is 4.39. The molecule has 0 saturated heterocycles. The van der Waals surface area contributed by atoms with Crippen molar-refractivity contribution in [2.24, 2.45) is 10.9 Å². The number of nitrogens with zero attached hydrogens (tertiary/aromatic N) is 2. The Bertz CT molecular complexity index is 953. The zero-order chi connectivity index (χ0) is 19.4. The van der Waals surface area contributed by atoms with Gasteiger partial charge in [-0.15, -0.1) is 0 Å². The summed E-state index contributed by atoms with van der Waals surface area (Å²) >= 11 is 1.22. The van der Waals surface area contributed by atoms with Crippen molar-refractivity contribution in [2.45, 2.75) is 19.8 Å².